The van der Waals surface area contributed by atoms with Gasteiger partial charge in [-0.2, -0.15) is 0 Å². The Kier molecular flexibility index (Phi) is 7.37. The Bertz CT molecular complexity index is 808. The molecule has 2 amide bonds. The summed E-state index contributed by atoms with van der Waals surface area (Å²) in [4.78, 5) is 25.8. The third-order valence-electron chi connectivity index (χ3n) is 4.59. The van der Waals surface area contributed by atoms with Crippen LogP contribution >= 0.6 is 11.8 Å². The van der Waals surface area contributed by atoms with Crippen LogP contribution in [0.15, 0.2) is 53.4 Å². The van der Waals surface area contributed by atoms with E-state index in [1.54, 1.807) is 24.3 Å². The van der Waals surface area contributed by atoms with Crippen molar-refractivity contribution in [3.8, 4) is 5.75 Å². The highest BCUT2D eigenvalue weighted by Crippen LogP contribution is 2.35. The first-order valence-electron chi connectivity index (χ1n) is 9.69. The zero-order valence-corrected chi connectivity index (χ0v) is 16.9. The maximum atomic E-state index is 12.3. The lowest BCUT2D eigenvalue weighted by Crippen LogP contribution is -2.39. The van der Waals surface area contributed by atoms with Gasteiger partial charge in [-0.05, 0) is 48.7 Å². The minimum Gasteiger partial charge on any atom is -0.494 e. The summed E-state index contributed by atoms with van der Waals surface area (Å²) in [7, 11) is 0. The molecule has 2 N–H and O–H groups in total. The lowest BCUT2D eigenvalue weighted by atomic mass is 10.0. The SMILES string of the molecule is CCCCOc1ccc(C(=O)NCC(=O)N[C@@H]2CCSc3ccccc32)cc1. The van der Waals surface area contributed by atoms with Crippen molar-refractivity contribution >= 4 is 23.6 Å². The summed E-state index contributed by atoms with van der Waals surface area (Å²) < 4.78 is 5.60. The molecule has 1 atom stereocenters. The lowest BCUT2D eigenvalue weighted by Gasteiger charge is -2.25. The number of fused-ring (bicyclic) bond motifs is 1. The number of hydrogen-bond donors (Lipinski definition) is 2. The normalized spacial score (nSPS) is 15.4. The molecular weight excluding hydrogens is 372 g/mol. The second-order valence-corrected chi connectivity index (χ2v) is 7.84. The Labute approximate surface area is 170 Å². The molecule has 0 saturated heterocycles. The van der Waals surface area contributed by atoms with E-state index in [0.717, 1.165) is 36.3 Å². The highest BCUT2D eigenvalue weighted by molar-refractivity contribution is 7.99. The van der Waals surface area contributed by atoms with Crippen LogP contribution in [0, 0.1) is 0 Å². The van der Waals surface area contributed by atoms with Gasteiger partial charge in [0.1, 0.15) is 5.75 Å². The van der Waals surface area contributed by atoms with Crippen LogP contribution in [-0.2, 0) is 4.79 Å². The van der Waals surface area contributed by atoms with Crippen molar-refractivity contribution in [2.24, 2.45) is 0 Å². The number of carbonyl (C=O) groups is 2. The fourth-order valence-electron chi connectivity index (χ4n) is 3.04. The summed E-state index contributed by atoms with van der Waals surface area (Å²) in [5, 5.41) is 5.72. The third kappa shape index (κ3) is 5.52. The quantitative estimate of drug-likeness (QED) is 0.661. The van der Waals surface area contributed by atoms with Gasteiger partial charge in [-0.25, -0.2) is 0 Å². The zero-order chi connectivity index (χ0) is 19.8. The molecule has 148 valence electrons. The Morgan fingerprint density at radius 3 is 2.71 bits per heavy atom. The fourth-order valence-corrected chi connectivity index (χ4v) is 4.16. The van der Waals surface area contributed by atoms with Crippen molar-refractivity contribution in [1.29, 1.82) is 0 Å². The topological polar surface area (TPSA) is 67.4 Å². The summed E-state index contributed by atoms with van der Waals surface area (Å²) in [6.07, 6.45) is 2.97. The van der Waals surface area contributed by atoms with E-state index in [0.29, 0.717) is 12.2 Å². The molecular formula is C22H26N2O3S. The van der Waals surface area contributed by atoms with Crippen LogP contribution in [0.3, 0.4) is 0 Å². The van der Waals surface area contributed by atoms with E-state index in [2.05, 4.69) is 29.7 Å². The van der Waals surface area contributed by atoms with Gasteiger partial charge < -0.3 is 15.4 Å². The van der Waals surface area contributed by atoms with Gasteiger partial charge in [0.15, 0.2) is 0 Å². The minimum absolute atomic E-state index is 0.00130. The Morgan fingerprint density at radius 2 is 1.93 bits per heavy atom. The summed E-state index contributed by atoms with van der Waals surface area (Å²) in [5.41, 5.74) is 1.66. The van der Waals surface area contributed by atoms with Gasteiger partial charge in [0, 0.05) is 16.2 Å². The van der Waals surface area contributed by atoms with Crippen molar-refractivity contribution in [3.63, 3.8) is 0 Å². The number of rotatable bonds is 8. The largest absolute Gasteiger partial charge is 0.494 e. The van der Waals surface area contributed by atoms with Crippen molar-refractivity contribution in [2.45, 2.75) is 37.1 Å². The minimum atomic E-state index is -0.269. The van der Waals surface area contributed by atoms with Crippen LogP contribution in [0.4, 0.5) is 0 Å². The second-order valence-electron chi connectivity index (χ2n) is 6.70. The molecule has 0 aliphatic carbocycles. The molecule has 0 aromatic heterocycles. The number of ether oxygens (including phenoxy) is 1. The molecule has 1 heterocycles. The van der Waals surface area contributed by atoms with Crippen molar-refractivity contribution in [3.05, 3.63) is 59.7 Å². The van der Waals surface area contributed by atoms with Gasteiger partial charge in [0.25, 0.3) is 5.91 Å². The number of nitrogens with one attached hydrogen (secondary N) is 2. The number of amides is 2. The molecule has 0 spiro atoms. The van der Waals surface area contributed by atoms with Crippen molar-refractivity contribution < 1.29 is 14.3 Å². The molecule has 0 radical (unpaired) electrons. The molecule has 2 aromatic rings. The summed E-state index contributed by atoms with van der Waals surface area (Å²) in [5.74, 6) is 1.27. The maximum Gasteiger partial charge on any atom is 0.251 e. The molecule has 28 heavy (non-hydrogen) atoms. The van der Waals surface area contributed by atoms with Gasteiger partial charge in [-0.1, -0.05) is 31.5 Å². The van der Waals surface area contributed by atoms with E-state index in [1.807, 2.05) is 23.9 Å². The zero-order valence-electron chi connectivity index (χ0n) is 16.1. The molecule has 1 aliphatic heterocycles. The van der Waals surface area contributed by atoms with Gasteiger partial charge in [0.2, 0.25) is 5.91 Å². The average Bonchev–Trinajstić information content (AvgIpc) is 2.73. The van der Waals surface area contributed by atoms with E-state index >= 15 is 0 Å². The van der Waals surface area contributed by atoms with Gasteiger partial charge in [0.05, 0.1) is 19.2 Å². The van der Waals surface area contributed by atoms with Crippen LogP contribution in [0.5, 0.6) is 5.75 Å². The van der Waals surface area contributed by atoms with Crippen molar-refractivity contribution in [2.75, 3.05) is 18.9 Å². The van der Waals surface area contributed by atoms with E-state index < -0.39 is 0 Å². The Balaban J connectivity index is 1.47. The van der Waals surface area contributed by atoms with Crippen LogP contribution in [-0.4, -0.2) is 30.7 Å². The summed E-state index contributed by atoms with van der Waals surface area (Å²) in [6, 6.07) is 15.1. The van der Waals surface area contributed by atoms with E-state index in [9.17, 15) is 9.59 Å². The predicted octanol–water partition coefficient (Wildman–Crippen LogP) is 3.95. The molecule has 6 heteroatoms. The van der Waals surface area contributed by atoms with Crippen molar-refractivity contribution in [1.82, 2.24) is 10.6 Å². The summed E-state index contributed by atoms with van der Waals surface area (Å²) >= 11 is 1.81. The number of unbranched alkanes of at least 4 members (excludes halogenated alkanes) is 1. The standard InChI is InChI=1S/C22H26N2O3S/c1-2-3-13-27-17-10-8-16(9-11-17)22(26)23-15-21(25)24-19-12-14-28-20-7-5-4-6-18(19)20/h4-11,19H,2-3,12-15H2,1H3,(H,23,26)(H,24,25)/t19-/m1/s1. The second kappa shape index (κ2) is 10.2. The molecule has 3 rings (SSSR count). The Morgan fingerprint density at radius 1 is 1.14 bits per heavy atom. The number of thioether (sulfide) groups is 1. The molecule has 0 unspecified atom stereocenters. The van der Waals surface area contributed by atoms with Crippen LogP contribution in [0.1, 0.15) is 48.1 Å². The van der Waals surface area contributed by atoms with E-state index in [1.165, 1.54) is 4.90 Å². The Hall–Kier alpha value is -2.47. The predicted molar refractivity (Wildman–Crippen MR) is 112 cm³/mol. The number of benzene rings is 2. The van der Waals surface area contributed by atoms with Crippen LogP contribution < -0.4 is 15.4 Å². The first-order valence-corrected chi connectivity index (χ1v) is 10.7. The third-order valence-corrected chi connectivity index (χ3v) is 5.71. The summed E-state index contributed by atoms with van der Waals surface area (Å²) in [6.45, 7) is 2.74. The van der Waals surface area contributed by atoms with Crippen LogP contribution in [0.25, 0.3) is 0 Å². The molecule has 0 bridgehead atoms. The molecule has 0 fully saturated rings. The molecule has 0 saturated carbocycles. The highest BCUT2D eigenvalue weighted by atomic mass is 32.2. The number of hydrogen-bond acceptors (Lipinski definition) is 4. The van der Waals surface area contributed by atoms with Gasteiger partial charge in [-0.3, -0.25) is 9.59 Å². The molecule has 2 aromatic carbocycles. The molecule has 5 nitrogen and oxygen atoms in total. The van der Waals surface area contributed by atoms with Gasteiger partial charge >= 0.3 is 0 Å². The van der Waals surface area contributed by atoms with Crippen LogP contribution in [0.2, 0.25) is 0 Å². The first-order chi connectivity index (χ1) is 13.7. The van der Waals surface area contributed by atoms with E-state index in [4.69, 9.17) is 4.74 Å². The monoisotopic (exact) mass is 398 g/mol. The molecule has 1 aliphatic rings. The average molecular weight is 399 g/mol. The fraction of sp³-hybridized carbons (Fsp3) is 0.364. The van der Waals surface area contributed by atoms with E-state index in [-0.39, 0.29) is 24.4 Å². The maximum absolute atomic E-state index is 12.3. The first kappa shape index (κ1) is 20.3. The van der Waals surface area contributed by atoms with Gasteiger partial charge in [-0.15, -0.1) is 11.8 Å². The highest BCUT2D eigenvalue weighted by Gasteiger charge is 2.22. The lowest BCUT2D eigenvalue weighted by molar-refractivity contribution is -0.120. The smallest absolute Gasteiger partial charge is 0.251 e. The number of carbonyl (C=O) groups excluding carboxylic acids is 2.